The van der Waals surface area contributed by atoms with E-state index >= 15 is 0 Å². The normalized spacial score (nSPS) is 24.1. The lowest BCUT2D eigenvalue weighted by molar-refractivity contribution is -0.125. The fraction of sp³-hybridized carbons (Fsp3) is 0.923. The van der Waals surface area contributed by atoms with Crippen LogP contribution in [-0.4, -0.2) is 48.6 Å². The van der Waals surface area contributed by atoms with Gasteiger partial charge in [-0.25, -0.2) is 0 Å². The lowest BCUT2D eigenvalue weighted by Gasteiger charge is -2.31. The summed E-state index contributed by atoms with van der Waals surface area (Å²) in [6, 6.07) is 0.489. The summed E-state index contributed by atoms with van der Waals surface area (Å²) in [5, 5.41) is 6.80. The van der Waals surface area contributed by atoms with Crippen LogP contribution in [0, 0.1) is 0 Å². The molecule has 1 atom stereocenters. The van der Waals surface area contributed by atoms with Crippen LogP contribution in [0.3, 0.4) is 0 Å². The molecule has 0 aliphatic carbocycles. The van der Waals surface area contributed by atoms with Crippen molar-refractivity contribution in [3.8, 4) is 0 Å². The van der Waals surface area contributed by atoms with E-state index in [9.17, 15) is 4.79 Å². The highest BCUT2D eigenvalue weighted by atomic mass is 16.1. The molecule has 1 rings (SSSR count). The lowest BCUT2D eigenvalue weighted by Crippen LogP contribution is -2.56. The van der Waals surface area contributed by atoms with E-state index < -0.39 is 5.54 Å². The Morgan fingerprint density at radius 3 is 2.85 bits per heavy atom. The molecule has 0 bridgehead atoms. The Bertz CT molecular complexity index is 366. The Balaban J connectivity index is 2.58. The molecule has 7 nitrogen and oxygen atoms in total. The minimum Gasteiger partial charge on any atom is -0.368 e. The number of azide groups is 1. The molecule has 1 aliphatic rings. The van der Waals surface area contributed by atoms with Crippen LogP contribution in [0.15, 0.2) is 5.11 Å². The van der Waals surface area contributed by atoms with Crippen molar-refractivity contribution in [3.63, 3.8) is 0 Å². The Hall–Kier alpha value is -1.30. The van der Waals surface area contributed by atoms with Crippen molar-refractivity contribution in [1.82, 2.24) is 10.2 Å². The third kappa shape index (κ3) is 4.67. The maximum Gasteiger partial charge on any atom is 0.237 e. The number of nitrogens with one attached hydrogen (secondary N) is 1. The van der Waals surface area contributed by atoms with E-state index in [4.69, 9.17) is 11.3 Å². The van der Waals surface area contributed by atoms with Crippen LogP contribution in [0.5, 0.6) is 0 Å². The first-order valence-electron chi connectivity index (χ1n) is 7.32. The molecule has 20 heavy (non-hydrogen) atoms. The summed E-state index contributed by atoms with van der Waals surface area (Å²) in [6.45, 7) is 7.31. The lowest BCUT2D eigenvalue weighted by atomic mass is 9.89. The fourth-order valence-corrected chi connectivity index (χ4v) is 2.70. The van der Waals surface area contributed by atoms with E-state index in [2.05, 4.69) is 34.1 Å². The van der Waals surface area contributed by atoms with Crippen LogP contribution >= 0.6 is 0 Å². The van der Waals surface area contributed by atoms with Gasteiger partial charge in [-0.2, -0.15) is 0 Å². The molecular formula is C13H26N6O. The molecule has 1 unspecified atom stereocenters. The van der Waals surface area contributed by atoms with Crippen molar-refractivity contribution in [2.24, 2.45) is 10.8 Å². The van der Waals surface area contributed by atoms with Gasteiger partial charge in [0.2, 0.25) is 5.91 Å². The van der Waals surface area contributed by atoms with Gasteiger partial charge >= 0.3 is 0 Å². The smallest absolute Gasteiger partial charge is 0.237 e. The Labute approximate surface area is 120 Å². The van der Waals surface area contributed by atoms with Crippen LogP contribution in [-0.2, 0) is 4.79 Å². The van der Waals surface area contributed by atoms with Crippen molar-refractivity contribution in [2.75, 3.05) is 26.2 Å². The first kappa shape index (κ1) is 16.8. The van der Waals surface area contributed by atoms with E-state index in [1.54, 1.807) is 0 Å². The minimum absolute atomic E-state index is 0.271. The Morgan fingerprint density at radius 2 is 2.25 bits per heavy atom. The molecule has 1 heterocycles. The van der Waals surface area contributed by atoms with Crippen molar-refractivity contribution >= 4 is 5.91 Å². The standard InChI is InChI=1S/C13H26N6O/c1-11(2)19-9-3-5-13(6-10-19,12(14)20)16-7-4-8-17-18-15/h11,16H,3-10H2,1-2H3,(H2,14,20). The van der Waals surface area contributed by atoms with Gasteiger partial charge in [0, 0.05) is 24.0 Å². The average molecular weight is 282 g/mol. The summed E-state index contributed by atoms with van der Waals surface area (Å²) in [5.74, 6) is -0.271. The highest BCUT2D eigenvalue weighted by Gasteiger charge is 2.37. The van der Waals surface area contributed by atoms with E-state index in [0.29, 0.717) is 25.6 Å². The molecule has 7 heteroatoms. The third-order valence-electron chi connectivity index (χ3n) is 4.04. The van der Waals surface area contributed by atoms with Crippen LogP contribution in [0.2, 0.25) is 0 Å². The number of hydrogen-bond acceptors (Lipinski definition) is 4. The van der Waals surface area contributed by atoms with Gasteiger partial charge in [-0.15, -0.1) is 0 Å². The second-order valence-electron chi connectivity index (χ2n) is 5.66. The summed E-state index contributed by atoms with van der Waals surface area (Å²) in [4.78, 5) is 17.0. The zero-order valence-electron chi connectivity index (χ0n) is 12.5. The van der Waals surface area contributed by atoms with Crippen LogP contribution < -0.4 is 11.1 Å². The number of hydrogen-bond donors (Lipinski definition) is 2. The van der Waals surface area contributed by atoms with E-state index in [1.165, 1.54) is 0 Å². The number of carbonyl (C=O) groups is 1. The first-order chi connectivity index (χ1) is 9.52. The number of likely N-dealkylation sites (tertiary alicyclic amines) is 1. The third-order valence-corrected chi connectivity index (χ3v) is 4.04. The quantitative estimate of drug-likeness (QED) is 0.319. The predicted molar refractivity (Wildman–Crippen MR) is 79.1 cm³/mol. The summed E-state index contributed by atoms with van der Waals surface area (Å²) < 4.78 is 0. The highest BCUT2D eigenvalue weighted by Crippen LogP contribution is 2.23. The van der Waals surface area contributed by atoms with Gasteiger partial charge in [-0.05, 0) is 58.2 Å². The summed E-state index contributed by atoms with van der Waals surface area (Å²) in [7, 11) is 0. The number of nitrogens with zero attached hydrogens (tertiary/aromatic N) is 4. The molecule has 0 aromatic rings. The largest absolute Gasteiger partial charge is 0.368 e. The molecule has 0 radical (unpaired) electrons. The van der Waals surface area contributed by atoms with E-state index in [0.717, 1.165) is 32.4 Å². The minimum atomic E-state index is -0.611. The van der Waals surface area contributed by atoms with E-state index in [1.807, 2.05) is 0 Å². The van der Waals surface area contributed by atoms with Crippen molar-refractivity contribution in [1.29, 1.82) is 0 Å². The van der Waals surface area contributed by atoms with E-state index in [-0.39, 0.29) is 5.91 Å². The maximum absolute atomic E-state index is 11.9. The predicted octanol–water partition coefficient (Wildman–Crippen LogP) is 1.39. The zero-order valence-corrected chi connectivity index (χ0v) is 12.5. The Kier molecular flexibility index (Phi) is 6.78. The molecular weight excluding hydrogens is 256 g/mol. The van der Waals surface area contributed by atoms with Gasteiger partial charge in [0.15, 0.2) is 0 Å². The highest BCUT2D eigenvalue weighted by molar-refractivity contribution is 5.84. The number of primary amides is 1. The first-order valence-corrected chi connectivity index (χ1v) is 7.32. The molecule has 3 N–H and O–H groups in total. The summed E-state index contributed by atoms with van der Waals surface area (Å²) in [5.41, 5.74) is 13.3. The van der Waals surface area contributed by atoms with Crippen molar-refractivity contribution in [2.45, 2.75) is 51.1 Å². The second kappa shape index (κ2) is 8.09. The molecule has 1 saturated heterocycles. The monoisotopic (exact) mass is 282 g/mol. The molecule has 1 fully saturated rings. The second-order valence-corrected chi connectivity index (χ2v) is 5.66. The number of carbonyl (C=O) groups excluding carboxylic acids is 1. The molecule has 0 aromatic carbocycles. The molecule has 0 saturated carbocycles. The van der Waals surface area contributed by atoms with Crippen LogP contribution in [0.25, 0.3) is 10.4 Å². The molecule has 114 valence electrons. The zero-order chi connectivity index (χ0) is 15.0. The number of nitrogens with two attached hydrogens (primary N) is 1. The fourth-order valence-electron chi connectivity index (χ4n) is 2.70. The average Bonchev–Trinajstić information content (AvgIpc) is 2.62. The molecule has 0 spiro atoms. The van der Waals surface area contributed by atoms with Gasteiger partial charge in [0.05, 0.1) is 5.54 Å². The van der Waals surface area contributed by atoms with Gasteiger partial charge in [-0.3, -0.25) is 4.79 Å². The van der Waals surface area contributed by atoms with Gasteiger partial charge in [0.25, 0.3) is 0 Å². The van der Waals surface area contributed by atoms with Gasteiger partial charge in [-0.1, -0.05) is 5.11 Å². The SMILES string of the molecule is CC(C)N1CCCC(NCCCN=[N+]=[N-])(C(N)=O)CC1. The molecule has 0 aromatic heterocycles. The molecule has 1 aliphatic heterocycles. The topological polar surface area (TPSA) is 107 Å². The maximum atomic E-state index is 11.9. The Morgan fingerprint density at radius 1 is 1.50 bits per heavy atom. The number of rotatable bonds is 7. The van der Waals surface area contributed by atoms with Gasteiger partial charge < -0.3 is 16.0 Å². The van der Waals surface area contributed by atoms with Crippen LogP contribution in [0.4, 0.5) is 0 Å². The van der Waals surface area contributed by atoms with Crippen LogP contribution in [0.1, 0.15) is 39.5 Å². The summed E-state index contributed by atoms with van der Waals surface area (Å²) >= 11 is 0. The van der Waals surface area contributed by atoms with Crippen molar-refractivity contribution < 1.29 is 4.79 Å². The van der Waals surface area contributed by atoms with Gasteiger partial charge in [0.1, 0.15) is 0 Å². The molecule has 1 amide bonds. The number of amides is 1. The summed E-state index contributed by atoms with van der Waals surface area (Å²) in [6.07, 6.45) is 3.19. The van der Waals surface area contributed by atoms with Crippen molar-refractivity contribution in [3.05, 3.63) is 10.4 Å².